The number of carbonyl (C=O) groups excluding carboxylic acids is 2. The third-order valence-corrected chi connectivity index (χ3v) is 4.42. The Morgan fingerprint density at radius 1 is 1.33 bits per heavy atom. The molecule has 0 spiro atoms. The van der Waals surface area contributed by atoms with Gasteiger partial charge in [-0.1, -0.05) is 17.7 Å². The lowest BCUT2D eigenvalue weighted by atomic mass is 10.1. The minimum atomic E-state index is -0.360. The van der Waals surface area contributed by atoms with Crippen LogP contribution in [0.15, 0.2) is 48.8 Å². The molecule has 2 amide bonds. The van der Waals surface area contributed by atoms with E-state index < -0.39 is 0 Å². The predicted molar refractivity (Wildman–Crippen MR) is 92.7 cm³/mol. The molecular weight excluding hydrogens is 326 g/mol. The van der Waals surface area contributed by atoms with Crippen LogP contribution in [-0.2, 0) is 9.59 Å². The van der Waals surface area contributed by atoms with E-state index in [1.807, 2.05) is 25.1 Å². The van der Waals surface area contributed by atoms with Gasteiger partial charge in [-0.2, -0.15) is 0 Å². The Bertz CT molecular complexity index is 751. The molecule has 1 fully saturated rings. The Hall–Kier alpha value is -2.40. The number of carbonyl (C=O) groups is 2. The summed E-state index contributed by atoms with van der Waals surface area (Å²) < 4.78 is 0. The van der Waals surface area contributed by atoms with Gasteiger partial charge >= 0.3 is 0 Å². The van der Waals surface area contributed by atoms with Gasteiger partial charge in [0, 0.05) is 36.1 Å². The lowest BCUT2D eigenvalue weighted by Crippen LogP contribution is -2.34. The minimum Gasteiger partial charge on any atom is -0.349 e. The molecule has 1 aromatic heterocycles. The molecule has 1 aliphatic rings. The van der Waals surface area contributed by atoms with Gasteiger partial charge in [-0.15, -0.1) is 0 Å². The van der Waals surface area contributed by atoms with Crippen molar-refractivity contribution in [3.63, 3.8) is 0 Å². The molecule has 2 heterocycles. The van der Waals surface area contributed by atoms with Crippen molar-refractivity contribution in [2.45, 2.75) is 19.4 Å². The second kappa shape index (κ2) is 7.01. The maximum absolute atomic E-state index is 12.5. The number of nitrogens with one attached hydrogen (secondary N) is 1. The summed E-state index contributed by atoms with van der Waals surface area (Å²) >= 11 is 5.98. The van der Waals surface area contributed by atoms with Crippen LogP contribution in [0.3, 0.4) is 0 Å². The van der Waals surface area contributed by atoms with Crippen molar-refractivity contribution in [1.29, 1.82) is 0 Å². The van der Waals surface area contributed by atoms with Crippen molar-refractivity contribution in [1.82, 2.24) is 10.3 Å². The van der Waals surface area contributed by atoms with E-state index in [9.17, 15) is 9.59 Å². The zero-order valence-corrected chi connectivity index (χ0v) is 14.0. The van der Waals surface area contributed by atoms with Crippen LogP contribution in [0.2, 0.25) is 5.02 Å². The fourth-order valence-electron chi connectivity index (χ4n) is 2.84. The van der Waals surface area contributed by atoms with Crippen molar-refractivity contribution in [3.05, 3.63) is 59.4 Å². The van der Waals surface area contributed by atoms with Gasteiger partial charge in [-0.25, -0.2) is 0 Å². The van der Waals surface area contributed by atoms with Crippen LogP contribution in [0.1, 0.15) is 24.9 Å². The lowest BCUT2D eigenvalue weighted by molar-refractivity contribution is -0.126. The predicted octanol–water partition coefficient (Wildman–Crippen LogP) is 2.97. The first-order valence-electron chi connectivity index (χ1n) is 7.81. The molecule has 5 nitrogen and oxygen atoms in total. The Morgan fingerprint density at radius 3 is 2.79 bits per heavy atom. The molecule has 1 aliphatic heterocycles. The number of nitrogens with zero attached hydrogens (tertiary/aromatic N) is 2. The highest BCUT2D eigenvalue weighted by Crippen LogP contribution is 2.27. The van der Waals surface area contributed by atoms with Crippen LogP contribution in [0.5, 0.6) is 0 Å². The van der Waals surface area contributed by atoms with E-state index >= 15 is 0 Å². The maximum atomic E-state index is 12.5. The molecular formula is C18H18ClN3O2. The molecule has 0 radical (unpaired) electrons. The van der Waals surface area contributed by atoms with Crippen molar-refractivity contribution in [2.24, 2.45) is 5.92 Å². The normalized spacial score (nSPS) is 18.5. The third kappa shape index (κ3) is 3.57. The SMILES string of the molecule is CC(NC(=O)C1CC(=O)N(c2cccc(Cl)c2)C1)c1ccncc1. The van der Waals surface area contributed by atoms with Crippen LogP contribution in [0, 0.1) is 5.92 Å². The summed E-state index contributed by atoms with van der Waals surface area (Å²) in [6.07, 6.45) is 3.59. The Labute approximate surface area is 145 Å². The topological polar surface area (TPSA) is 62.3 Å². The van der Waals surface area contributed by atoms with Gasteiger partial charge in [0.05, 0.1) is 12.0 Å². The highest BCUT2D eigenvalue weighted by molar-refractivity contribution is 6.30. The molecule has 1 N–H and O–H groups in total. The molecule has 1 saturated heterocycles. The molecule has 3 rings (SSSR count). The minimum absolute atomic E-state index is 0.0611. The smallest absolute Gasteiger partial charge is 0.227 e. The summed E-state index contributed by atoms with van der Waals surface area (Å²) in [6.45, 7) is 2.28. The molecule has 124 valence electrons. The van der Waals surface area contributed by atoms with Gasteiger partial charge in [0.25, 0.3) is 0 Å². The monoisotopic (exact) mass is 343 g/mol. The zero-order chi connectivity index (χ0) is 17.1. The van der Waals surface area contributed by atoms with Gasteiger partial charge in [0.1, 0.15) is 0 Å². The second-order valence-electron chi connectivity index (χ2n) is 5.90. The molecule has 1 aromatic carbocycles. The number of aromatic nitrogens is 1. The summed E-state index contributed by atoms with van der Waals surface area (Å²) in [5.41, 5.74) is 1.71. The molecule has 0 aliphatic carbocycles. The van der Waals surface area contributed by atoms with E-state index in [1.165, 1.54) is 0 Å². The van der Waals surface area contributed by atoms with E-state index in [1.54, 1.807) is 35.5 Å². The third-order valence-electron chi connectivity index (χ3n) is 4.18. The fourth-order valence-corrected chi connectivity index (χ4v) is 3.03. The first kappa shape index (κ1) is 16.5. The number of halogens is 1. The summed E-state index contributed by atoms with van der Waals surface area (Å²) in [5.74, 6) is -0.535. The second-order valence-corrected chi connectivity index (χ2v) is 6.33. The number of anilines is 1. The number of pyridine rings is 1. The Morgan fingerprint density at radius 2 is 2.08 bits per heavy atom. The number of hydrogen-bond donors (Lipinski definition) is 1. The Balaban J connectivity index is 1.66. The van der Waals surface area contributed by atoms with Crippen LogP contribution in [0.25, 0.3) is 0 Å². The molecule has 2 aromatic rings. The van der Waals surface area contributed by atoms with Gasteiger partial charge in [0.15, 0.2) is 0 Å². The fraction of sp³-hybridized carbons (Fsp3) is 0.278. The standard InChI is InChI=1S/C18H18ClN3O2/c1-12(13-5-7-20-8-6-13)21-18(24)14-9-17(23)22(11-14)16-4-2-3-15(19)10-16/h2-8,10,12,14H,9,11H2,1H3,(H,21,24). The van der Waals surface area contributed by atoms with Crippen molar-refractivity contribution in [2.75, 3.05) is 11.4 Å². The van der Waals surface area contributed by atoms with Gasteiger partial charge in [-0.3, -0.25) is 14.6 Å². The van der Waals surface area contributed by atoms with Crippen LogP contribution in [0.4, 0.5) is 5.69 Å². The molecule has 2 atom stereocenters. The average molecular weight is 344 g/mol. The number of rotatable bonds is 4. The van der Waals surface area contributed by atoms with Crippen molar-refractivity contribution in [3.8, 4) is 0 Å². The van der Waals surface area contributed by atoms with Gasteiger partial charge in [0.2, 0.25) is 11.8 Å². The highest BCUT2D eigenvalue weighted by atomic mass is 35.5. The summed E-state index contributed by atoms with van der Waals surface area (Å²) in [5, 5.41) is 3.54. The van der Waals surface area contributed by atoms with Crippen LogP contribution in [-0.4, -0.2) is 23.3 Å². The average Bonchev–Trinajstić information content (AvgIpc) is 2.97. The van der Waals surface area contributed by atoms with E-state index in [0.29, 0.717) is 11.6 Å². The molecule has 6 heteroatoms. The number of amides is 2. The van der Waals surface area contributed by atoms with E-state index in [2.05, 4.69) is 10.3 Å². The highest BCUT2D eigenvalue weighted by Gasteiger charge is 2.35. The first-order valence-corrected chi connectivity index (χ1v) is 8.18. The first-order chi connectivity index (χ1) is 11.5. The molecule has 2 unspecified atom stereocenters. The largest absolute Gasteiger partial charge is 0.349 e. The van der Waals surface area contributed by atoms with Crippen molar-refractivity contribution < 1.29 is 9.59 Å². The van der Waals surface area contributed by atoms with Crippen LogP contribution >= 0.6 is 11.6 Å². The van der Waals surface area contributed by atoms with E-state index in [0.717, 1.165) is 11.3 Å². The molecule has 24 heavy (non-hydrogen) atoms. The zero-order valence-electron chi connectivity index (χ0n) is 13.3. The van der Waals surface area contributed by atoms with Gasteiger partial charge < -0.3 is 10.2 Å². The number of benzene rings is 1. The van der Waals surface area contributed by atoms with Gasteiger partial charge in [-0.05, 0) is 42.8 Å². The quantitative estimate of drug-likeness (QED) is 0.928. The van der Waals surface area contributed by atoms with Crippen molar-refractivity contribution >= 4 is 29.1 Å². The maximum Gasteiger partial charge on any atom is 0.227 e. The molecule has 0 saturated carbocycles. The lowest BCUT2D eigenvalue weighted by Gasteiger charge is -2.19. The Kier molecular flexibility index (Phi) is 4.81. The van der Waals surface area contributed by atoms with Crippen LogP contribution < -0.4 is 10.2 Å². The van der Waals surface area contributed by atoms with E-state index in [4.69, 9.17) is 11.6 Å². The van der Waals surface area contributed by atoms with E-state index in [-0.39, 0.29) is 30.2 Å². The molecule has 0 bridgehead atoms. The summed E-state index contributed by atoms with van der Waals surface area (Å²) in [4.78, 5) is 30.3. The summed E-state index contributed by atoms with van der Waals surface area (Å²) in [7, 11) is 0. The number of hydrogen-bond acceptors (Lipinski definition) is 3. The summed E-state index contributed by atoms with van der Waals surface area (Å²) in [6, 6.07) is 10.7.